The number of β-amino-alcohol motifs (C(OH)–C–C–N with tert-alkyl or cyclic N) is 1. The van der Waals surface area contributed by atoms with E-state index in [1.54, 1.807) is 6.92 Å². The maximum Gasteiger partial charge on any atom is 0.219 e. The minimum Gasteiger partial charge on any atom is -0.390 e. The lowest BCUT2D eigenvalue weighted by atomic mass is 9.99. The van der Waals surface area contributed by atoms with Crippen LogP contribution >= 0.6 is 11.6 Å². The maximum absolute atomic E-state index is 12.2. The first-order chi connectivity index (χ1) is 19.3. The second-order valence-corrected chi connectivity index (χ2v) is 12.3. The van der Waals surface area contributed by atoms with E-state index >= 15 is 0 Å². The van der Waals surface area contributed by atoms with Crippen molar-refractivity contribution in [3.63, 3.8) is 0 Å². The van der Waals surface area contributed by atoms with Crippen molar-refractivity contribution in [2.75, 3.05) is 31.1 Å². The number of nitrogens with zero attached hydrogens (tertiary/aromatic N) is 5. The number of carbonyl (C=O) groups is 1. The van der Waals surface area contributed by atoms with Crippen molar-refractivity contribution in [1.29, 1.82) is 0 Å². The zero-order chi connectivity index (χ0) is 28.0. The van der Waals surface area contributed by atoms with Crippen molar-refractivity contribution < 1.29 is 9.90 Å². The number of piperidine rings is 1. The summed E-state index contributed by atoms with van der Waals surface area (Å²) in [5.74, 6) is 0.0758. The van der Waals surface area contributed by atoms with E-state index in [1.807, 2.05) is 28.6 Å². The van der Waals surface area contributed by atoms with Gasteiger partial charge in [0.2, 0.25) is 5.91 Å². The lowest BCUT2D eigenvalue weighted by Gasteiger charge is -2.40. The molecule has 0 radical (unpaired) electrons. The number of carbonyl (C=O) groups excluding carboxylic acids is 1. The highest BCUT2D eigenvalue weighted by molar-refractivity contribution is 6.31. The van der Waals surface area contributed by atoms with Gasteiger partial charge in [-0.05, 0) is 62.4 Å². The van der Waals surface area contributed by atoms with Crippen LogP contribution in [0.25, 0.3) is 11.3 Å². The largest absolute Gasteiger partial charge is 0.390 e. The molecule has 8 heteroatoms. The molecule has 7 nitrogen and oxygen atoms in total. The van der Waals surface area contributed by atoms with E-state index < -0.39 is 6.10 Å². The molecule has 1 fully saturated rings. The Balaban J connectivity index is 1.13. The van der Waals surface area contributed by atoms with Crippen LogP contribution < -0.4 is 4.90 Å². The fourth-order valence-electron chi connectivity index (χ4n) is 7.02. The van der Waals surface area contributed by atoms with Gasteiger partial charge in [0.25, 0.3) is 0 Å². The number of aromatic nitrogens is 2. The second-order valence-electron chi connectivity index (χ2n) is 11.9. The fraction of sp³-hybridized carbons (Fsp3) is 0.500. The summed E-state index contributed by atoms with van der Waals surface area (Å²) in [4.78, 5) is 19.1. The molecule has 1 saturated heterocycles. The van der Waals surface area contributed by atoms with Gasteiger partial charge in [-0.1, -0.05) is 35.9 Å². The van der Waals surface area contributed by atoms with E-state index in [9.17, 15) is 9.90 Å². The lowest BCUT2D eigenvalue weighted by molar-refractivity contribution is -0.129. The molecule has 6 rings (SSSR count). The molecule has 1 amide bonds. The third-order valence-electron chi connectivity index (χ3n) is 9.07. The number of aliphatic hydroxyl groups is 1. The summed E-state index contributed by atoms with van der Waals surface area (Å²) in [6.45, 7) is 10.3. The second kappa shape index (κ2) is 11.2. The van der Waals surface area contributed by atoms with Crippen LogP contribution in [0.1, 0.15) is 49.1 Å². The average molecular weight is 562 g/mol. The van der Waals surface area contributed by atoms with E-state index in [0.29, 0.717) is 38.3 Å². The van der Waals surface area contributed by atoms with Crippen molar-refractivity contribution in [1.82, 2.24) is 19.6 Å². The average Bonchev–Trinajstić information content (AvgIpc) is 3.47. The summed E-state index contributed by atoms with van der Waals surface area (Å²) >= 11 is 6.30. The Kier molecular flexibility index (Phi) is 7.64. The van der Waals surface area contributed by atoms with Gasteiger partial charge in [0.05, 0.1) is 18.3 Å². The molecule has 2 unspecified atom stereocenters. The number of hydrogen-bond donors (Lipinski definition) is 1. The molecule has 3 aliphatic heterocycles. The Labute approximate surface area is 242 Å². The molecule has 40 heavy (non-hydrogen) atoms. The highest BCUT2D eigenvalue weighted by atomic mass is 35.5. The van der Waals surface area contributed by atoms with Gasteiger partial charge in [-0.3, -0.25) is 9.48 Å². The van der Waals surface area contributed by atoms with Gasteiger partial charge in [0, 0.05) is 85.7 Å². The Bertz CT molecular complexity index is 1400. The molecule has 0 spiro atoms. The normalized spacial score (nSPS) is 20.5. The van der Waals surface area contributed by atoms with E-state index in [-0.39, 0.29) is 5.91 Å². The summed E-state index contributed by atoms with van der Waals surface area (Å²) in [7, 11) is 0. The highest BCUT2D eigenvalue weighted by Crippen LogP contribution is 2.36. The number of rotatable bonds is 6. The Hall–Kier alpha value is -2.87. The predicted octanol–water partition coefficient (Wildman–Crippen LogP) is 4.69. The van der Waals surface area contributed by atoms with Gasteiger partial charge in [-0.2, -0.15) is 5.10 Å². The van der Waals surface area contributed by atoms with Crippen LogP contribution in [0.2, 0.25) is 5.02 Å². The monoisotopic (exact) mass is 561 g/mol. The number of halogens is 1. The Morgan fingerprint density at radius 3 is 2.65 bits per heavy atom. The van der Waals surface area contributed by atoms with Crippen LogP contribution in [0.4, 0.5) is 5.69 Å². The van der Waals surface area contributed by atoms with Gasteiger partial charge >= 0.3 is 0 Å². The molecule has 0 aliphatic carbocycles. The molecule has 3 aliphatic rings. The molecule has 1 aromatic heterocycles. The number of benzene rings is 2. The number of aliphatic hydroxyl groups excluding tert-OH is 1. The van der Waals surface area contributed by atoms with Crippen molar-refractivity contribution in [3.8, 4) is 11.3 Å². The van der Waals surface area contributed by atoms with Gasteiger partial charge in [0.1, 0.15) is 0 Å². The molecule has 212 valence electrons. The van der Waals surface area contributed by atoms with Crippen molar-refractivity contribution in [2.45, 2.75) is 77.7 Å². The van der Waals surface area contributed by atoms with Gasteiger partial charge in [-0.25, -0.2) is 0 Å². The van der Waals surface area contributed by atoms with Crippen LogP contribution in [-0.4, -0.2) is 75.0 Å². The number of hydrogen-bond acceptors (Lipinski definition) is 5. The Morgan fingerprint density at radius 1 is 1.12 bits per heavy atom. The van der Waals surface area contributed by atoms with Gasteiger partial charge < -0.3 is 19.8 Å². The molecular weight excluding hydrogens is 522 g/mol. The van der Waals surface area contributed by atoms with Crippen LogP contribution in [-0.2, 0) is 30.7 Å². The standard InChI is InChI=1S/C32H40ClN5O2/c1-21-16-25(8-9-29(21)33)32-28-20-36(23(3)39)15-12-31(28)37(34-32)19-27(40)18-35-13-10-26(11-14-35)38-22(2)17-24-6-4-5-7-30(24)38/h4-9,16,22,26-27,40H,10-15,17-20H2,1-3H3. The predicted molar refractivity (Wildman–Crippen MR) is 160 cm³/mol. The third kappa shape index (κ3) is 5.27. The summed E-state index contributed by atoms with van der Waals surface area (Å²) in [6.07, 6.45) is 3.58. The minimum absolute atomic E-state index is 0.0758. The number of aryl methyl sites for hydroxylation is 1. The first-order valence-electron chi connectivity index (χ1n) is 14.7. The number of likely N-dealkylation sites (tertiary alicyclic amines) is 1. The molecule has 0 bridgehead atoms. The van der Waals surface area contributed by atoms with Gasteiger partial charge in [0.15, 0.2) is 0 Å². The summed E-state index contributed by atoms with van der Waals surface area (Å²) in [5.41, 5.74) is 7.96. The van der Waals surface area contributed by atoms with Crippen LogP contribution in [0.15, 0.2) is 42.5 Å². The van der Waals surface area contributed by atoms with Crippen molar-refractivity contribution in [2.24, 2.45) is 0 Å². The Morgan fingerprint density at radius 2 is 1.90 bits per heavy atom. The van der Waals surface area contributed by atoms with E-state index in [4.69, 9.17) is 16.7 Å². The number of fused-ring (bicyclic) bond motifs is 2. The SMILES string of the molecule is CC(=O)N1CCc2c(c(-c3ccc(Cl)c(C)c3)nn2CC(O)CN2CCC(N3c4ccccc4CC3C)CC2)C1. The molecule has 3 aromatic rings. The van der Waals surface area contributed by atoms with E-state index in [0.717, 1.165) is 71.9 Å². The first kappa shape index (κ1) is 27.3. The highest BCUT2D eigenvalue weighted by Gasteiger charge is 2.34. The number of para-hydroxylation sites is 1. The zero-order valence-corrected chi connectivity index (χ0v) is 24.6. The lowest BCUT2D eigenvalue weighted by Crippen LogP contribution is -2.48. The summed E-state index contributed by atoms with van der Waals surface area (Å²) < 4.78 is 1.99. The quantitative estimate of drug-likeness (QED) is 0.473. The molecule has 2 aromatic carbocycles. The van der Waals surface area contributed by atoms with Gasteiger partial charge in [-0.15, -0.1) is 0 Å². The molecule has 4 heterocycles. The van der Waals surface area contributed by atoms with Crippen molar-refractivity contribution in [3.05, 3.63) is 69.9 Å². The minimum atomic E-state index is -0.516. The fourth-order valence-corrected chi connectivity index (χ4v) is 7.13. The summed E-state index contributed by atoms with van der Waals surface area (Å²) in [5, 5.41) is 16.9. The topological polar surface area (TPSA) is 64.8 Å². The number of amides is 1. The van der Waals surface area contributed by atoms with Crippen LogP contribution in [0.5, 0.6) is 0 Å². The maximum atomic E-state index is 12.2. The molecule has 0 saturated carbocycles. The number of anilines is 1. The van der Waals surface area contributed by atoms with E-state index in [1.165, 1.54) is 11.3 Å². The first-order valence-corrected chi connectivity index (χ1v) is 15.0. The summed E-state index contributed by atoms with van der Waals surface area (Å²) in [6, 6.07) is 15.9. The van der Waals surface area contributed by atoms with Crippen LogP contribution in [0.3, 0.4) is 0 Å². The third-order valence-corrected chi connectivity index (χ3v) is 9.50. The zero-order valence-electron chi connectivity index (χ0n) is 23.8. The smallest absolute Gasteiger partial charge is 0.219 e. The molecule has 1 N–H and O–H groups in total. The molecular formula is C32H40ClN5O2. The molecule has 2 atom stereocenters. The van der Waals surface area contributed by atoms with E-state index in [2.05, 4.69) is 47.1 Å². The van der Waals surface area contributed by atoms with Crippen LogP contribution in [0, 0.1) is 6.92 Å². The van der Waals surface area contributed by atoms with Crippen molar-refractivity contribution >= 4 is 23.2 Å².